The van der Waals surface area contributed by atoms with E-state index in [1.165, 1.54) is 0 Å². The molecule has 2 heterocycles. The second-order valence-corrected chi connectivity index (χ2v) is 2.38. The van der Waals surface area contributed by atoms with Gasteiger partial charge in [0.1, 0.15) is 5.66 Å². The van der Waals surface area contributed by atoms with Crippen LogP contribution in [-0.2, 0) is 0 Å². The van der Waals surface area contributed by atoms with Crippen LogP contribution in [0.4, 0.5) is 0 Å². The van der Waals surface area contributed by atoms with E-state index in [0.29, 0.717) is 0 Å². The van der Waals surface area contributed by atoms with Gasteiger partial charge in [0.05, 0.1) is 0 Å². The fraction of sp³-hybridized carbons (Fsp3) is 1.00. The summed E-state index contributed by atoms with van der Waals surface area (Å²) in [6, 6.07) is 0. The Morgan fingerprint density at radius 2 is 1.86 bits per heavy atom. The van der Waals surface area contributed by atoms with E-state index in [1.54, 1.807) is 0 Å². The molecule has 0 amide bonds. The number of nitrogens with one attached hydrogen (secondary N) is 3. The van der Waals surface area contributed by atoms with Crippen LogP contribution < -0.4 is 16.0 Å². The van der Waals surface area contributed by atoms with Crippen LogP contribution in [0.3, 0.4) is 0 Å². The van der Waals surface area contributed by atoms with Gasteiger partial charge in [-0.05, 0) is 14.0 Å². The van der Waals surface area contributed by atoms with Gasteiger partial charge in [-0.2, -0.15) is 0 Å². The molecule has 0 bridgehead atoms. The van der Waals surface area contributed by atoms with Gasteiger partial charge in [0.15, 0.2) is 5.79 Å². The van der Waals surface area contributed by atoms with Gasteiger partial charge in [0.25, 0.3) is 0 Å². The van der Waals surface area contributed by atoms with Crippen molar-refractivity contribution in [1.82, 2.24) is 16.0 Å². The molecule has 40 valence electrons. The lowest BCUT2D eigenvalue weighted by Crippen LogP contribution is -2.35. The second kappa shape index (κ2) is 0.632. The average Bonchev–Trinajstić information content (AvgIpc) is 2.24. The number of rotatable bonds is 1. The molecule has 2 fully saturated rings. The SMILES string of the molecule is CNC12NC1(C)N2. The molecule has 2 aliphatic rings. The van der Waals surface area contributed by atoms with Gasteiger partial charge in [-0.1, -0.05) is 0 Å². The third-order valence-corrected chi connectivity index (χ3v) is 1.88. The van der Waals surface area contributed by atoms with E-state index < -0.39 is 0 Å². The first-order valence-corrected chi connectivity index (χ1v) is 2.50. The average molecular weight is 99.1 g/mol. The van der Waals surface area contributed by atoms with Crippen molar-refractivity contribution in [3.63, 3.8) is 0 Å². The molecule has 0 atom stereocenters. The number of fused-ring (bicyclic) bond motifs is 1. The molecule has 0 saturated carbocycles. The minimum atomic E-state index is 0.146. The van der Waals surface area contributed by atoms with E-state index in [1.807, 2.05) is 7.05 Å². The first kappa shape index (κ1) is 3.83. The highest BCUT2D eigenvalue weighted by Crippen LogP contribution is 2.46. The highest BCUT2D eigenvalue weighted by Gasteiger charge is 2.80. The predicted molar refractivity (Wildman–Crippen MR) is 26.5 cm³/mol. The van der Waals surface area contributed by atoms with Crippen LogP contribution in [0.15, 0.2) is 0 Å². The minimum absolute atomic E-state index is 0.146. The lowest BCUT2D eigenvalue weighted by molar-refractivity contribution is 0.543. The van der Waals surface area contributed by atoms with Crippen LogP contribution in [0.2, 0.25) is 0 Å². The number of hydrogen-bond acceptors (Lipinski definition) is 3. The molecule has 0 aromatic heterocycles. The third-order valence-electron chi connectivity index (χ3n) is 1.88. The van der Waals surface area contributed by atoms with E-state index in [4.69, 9.17) is 0 Å². The second-order valence-electron chi connectivity index (χ2n) is 2.38. The van der Waals surface area contributed by atoms with E-state index in [0.717, 1.165) is 0 Å². The van der Waals surface area contributed by atoms with Crippen molar-refractivity contribution in [3.8, 4) is 0 Å². The molecule has 3 heteroatoms. The summed E-state index contributed by atoms with van der Waals surface area (Å²) < 4.78 is 0. The summed E-state index contributed by atoms with van der Waals surface area (Å²) in [6.07, 6.45) is 0. The van der Waals surface area contributed by atoms with E-state index in [9.17, 15) is 0 Å². The molecule has 0 spiro atoms. The topological polar surface area (TPSA) is 55.9 Å². The summed E-state index contributed by atoms with van der Waals surface area (Å²) in [6.45, 7) is 2.13. The molecule has 0 aromatic rings. The molecule has 2 aliphatic heterocycles. The first-order valence-electron chi connectivity index (χ1n) is 2.50. The first-order chi connectivity index (χ1) is 3.22. The molecular formula is C4H9N3. The maximum atomic E-state index is 3.21. The van der Waals surface area contributed by atoms with Crippen LogP contribution in [-0.4, -0.2) is 18.5 Å². The molecule has 3 nitrogen and oxygen atoms in total. The van der Waals surface area contributed by atoms with E-state index >= 15 is 0 Å². The molecule has 0 aliphatic carbocycles. The molecular weight excluding hydrogens is 90.1 g/mol. The molecule has 2 rings (SSSR count). The normalized spacial score (nSPS) is 64.3. The van der Waals surface area contributed by atoms with Crippen LogP contribution >= 0.6 is 0 Å². The Labute approximate surface area is 42.5 Å². The zero-order valence-corrected chi connectivity index (χ0v) is 4.50. The maximum Gasteiger partial charge on any atom is 0.158 e. The van der Waals surface area contributed by atoms with Gasteiger partial charge in [0, 0.05) is 0 Å². The van der Waals surface area contributed by atoms with Crippen molar-refractivity contribution in [1.29, 1.82) is 0 Å². The summed E-state index contributed by atoms with van der Waals surface area (Å²) in [7, 11) is 1.94. The Kier molecular flexibility index (Phi) is 0.346. The van der Waals surface area contributed by atoms with Gasteiger partial charge in [-0.3, -0.25) is 16.0 Å². The minimum Gasteiger partial charge on any atom is -0.287 e. The molecule has 7 heavy (non-hydrogen) atoms. The Balaban J connectivity index is 2.14. The van der Waals surface area contributed by atoms with Crippen molar-refractivity contribution in [2.75, 3.05) is 7.05 Å². The summed E-state index contributed by atoms with van der Waals surface area (Å²) in [5.74, 6) is 0.146. The van der Waals surface area contributed by atoms with Gasteiger partial charge in [-0.15, -0.1) is 0 Å². The fourth-order valence-electron chi connectivity index (χ4n) is 1.06. The van der Waals surface area contributed by atoms with Crippen LogP contribution in [0.1, 0.15) is 6.92 Å². The largest absolute Gasteiger partial charge is 0.287 e. The third kappa shape index (κ3) is 0.224. The lowest BCUT2D eigenvalue weighted by atomic mass is 10.5. The fourth-order valence-corrected chi connectivity index (χ4v) is 1.06. The van der Waals surface area contributed by atoms with Crippen molar-refractivity contribution in [3.05, 3.63) is 0 Å². The zero-order chi connectivity index (χ0) is 5.12. The Morgan fingerprint density at radius 3 is 1.86 bits per heavy atom. The molecule has 2 saturated heterocycles. The summed E-state index contributed by atoms with van der Waals surface area (Å²) in [5.41, 5.74) is 0.252. The van der Waals surface area contributed by atoms with E-state index in [2.05, 4.69) is 22.9 Å². The standard InChI is InChI=1S/C4H9N3/c1-3-4(5-2,6-3)7-3/h5-7H,1-2H3. The van der Waals surface area contributed by atoms with Crippen molar-refractivity contribution in [2.45, 2.75) is 18.4 Å². The van der Waals surface area contributed by atoms with Crippen molar-refractivity contribution in [2.24, 2.45) is 0 Å². The molecule has 0 unspecified atom stereocenters. The molecule has 3 N–H and O–H groups in total. The Hall–Kier alpha value is -0.120. The number of likely N-dealkylation sites (N-methyl/N-ethyl adjacent to an activating group) is 1. The maximum absolute atomic E-state index is 3.21. The highest BCUT2D eigenvalue weighted by molar-refractivity contribution is 5.35. The monoisotopic (exact) mass is 99.1 g/mol. The summed E-state index contributed by atoms with van der Waals surface area (Å²) >= 11 is 0. The summed E-state index contributed by atoms with van der Waals surface area (Å²) in [5, 5.41) is 9.53. The van der Waals surface area contributed by atoms with Crippen LogP contribution in [0.5, 0.6) is 0 Å². The predicted octanol–water partition coefficient (Wildman–Crippen LogP) is -1.22. The van der Waals surface area contributed by atoms with Crippen molar-refractivity contribution < 1.29 is 0 Å². The Bertz CT molecular complexity index is 109. The smallest absolute Gasteiger partial charge is 0.158 e. The lowest BCUT2D eigenvalue weighted by Gasteiger charge is -1.96. The Morgan fingerprint density at radius 1 is 1.43 bits per heavy atom. The quantitative estimate of drug-likeness (QED) is 0.361. The van der Waals surface area contributed by atoms with Gasteiger partial charge < -0.3 is 0 Å². The van der Waals surface area contributed by atoms with Gasteiger partial charge >= 0.3 is 0 Å². The number of hydrogen-bond donors (Lipinski definition) is 3. The highest BCUT2D eigenvalue weighted by atomic mass is 15.8. The van der Waals surface area contributed by atoms with Gasteiger partial charge in [0.2, 0.25) is 0 Å². The zero-order valence-electron chi connectivity index (χ0n) is 4.50. The molecule has 0 radical (unpaired) electrons. The van der Waals surface area contributed by atoms with E-state index in [-0.39, 0.29) is 11.4 Å². The summed E-state index contributed by atoms with van der Waals surface area (Å²) in [4.78, 5) is 0. The van der Waals surface area contributed by atoms with Crippen LogP contribution in [0.25, 0.3) is 0 Å². The van der Waals surface area contributed by atoms with Crippen LogP contribution in [0, 0.1) is 0 Å². The molecule has 0 aromatic carbocycles. The van der Waals surface area contributed by atoms with Gasteiger partial charge in [-0.25, -0.2) is 0 Å². The van der Waals surface area contributed by atoms with Crippen molar-refractivity contribution >= 4 is 0 Å².